The second-order valence-corrected chi connectivity index (χ2v) is 12.7. The number of amides is 4. The first-order valence-electron chi connectivity index (χ1n) is 16.6. The fourth-order valence-corrected chi connectivity index (χ4v) is 6.33. The van der Waals surface area contributed by atoms with Crippen LogP contribution < -0.4 is 25.4 Å². The summed E-state index contributed by atoms with van der Waals surface area (Å²) in [6.07, 6.45) is 7.94. The zero-order chi connectivity index (χ0) is 36.5. The van der Waals surface area contributed by atoms with E-state index in [-0.39, 0.29) is 48.4 Å². The van der Waals surface area contributed by atoms with Crippen LogP contribution in [0.25, 0.3) is 10.9 Å². The van der Waals surface area contributed by atoms with Crippen LogP contribution in [0.5, 0.6) is 11.5 Å². The lowest BCUT2D eigenvalue weighted by Crippen LogP contribution is -2.35. The smallest absolute Gasteiger partial charge is 0.291 e. The third kappa shape index (κ3) is 6.88. The molecule has 0 bridgehead atoms. The largest absolute Gasteiger partial charge is 0.493 e. The predicted octanol–water partition coefficient (Wildman–Crippen LogP) is 5.04. The molecule has 1 saturated heterocycles. The van der Waals surface area contributed by atoms with Crippen LogP contribution in [0.15, 0.2) is 78.2 Å². The molecule has 1 unspecified atom stereocenters. The number of aliphatic imine (C=N–C) groups is 1. The number of hydrogen-bond acceptors (Lipinski definition) is 8. The fraction of sp³-hybridized carbons (Fsp3) is 0.243. The van der Waals surface area contributed by atoms with Gasteiger partial charge in [0.2, 0.25) is 11.7 Å². The molecule has 0 saturated carbocycles. The lowest BCUT2D eigenvalue weighted by Gasteiger charge is -2.20. The van der Waals surface area contributed by atoms with E-state index < -0.39 is 5.91 Å². The van der Waals surface area contributed by atoms with Crippen LogP contribution in [0, 0.1) is 0 Å². The Hall–Kier alpha value is -6.64. The first kappa shape index (κ1) is 33.8. The quantitative estimate of drug-likeness (QED) is 0.110. The van der Waals surface area contributed by atoms with Crippen molar-refractivity contribution in [3.63, 3.8) is 0 Å². The number of carbonyl (C=O) groups is 4. The third-order valence-electron chi connectivity index (χ3n) is 8.91. The summed E-state index contributed by atoms with van der Waals surface area (Å²) in [4.78, 5) is 65.8. The van der Waals surface area contributed by atoms with Gasteiger partial charge in [0.25, 0.3) is 17.7 Å². The van der Waals surface area contributed by atoms with Gasteiger partial charge in [-0.1, -0.05) is 12.2 Å². The van der Waals surface area contributed by atoms with Gasteiger partial charge in [-0.3, -0.25) is 24.2 Å². The number of benzene rings is 2. The molecule has 15 nitrogen and oxygen atoms in total. The zero-order valence-electron chi connectivity index (χ0n) is 28.9. The minimum absolute atomic E-state index is 0.0649. The molecular formula is C37H37N9O6. The molecule has 266 valence electrons. The Balaban J connectivity index is 0.910. The minimum atomic E-state index is -0.515. The highest BCUT2D eigenvalue weighted by atomic mass is 16.5. The molecule has 0 radical (unpaired) electrons. The number of anilines is 3. The number of aromatic amines is 1. The van der Waals surface area contributed by atoms with Gasteiger partial charge in [-0.2, -0.15) is 0 Å². The summed E-state index contributed by atoms with van der Waals surface area (Å²) in [5, 5.41) is 9.35. The van der Waals surface area contributed by atoms with Crippen molar-refractivity contribution < 1.29 is 28.7 Å². The molecule has 7 rings (SSSR count). The summed E-state index contributed by atoms with van der Waals surface area (Å²) in [5.41, 5.74) is 4.27. The number of nitrogens with one attached hydrogen (secondary N) is 4. The molecule has 4 N–H and O–H groups in total. The Morgan fingerprint density at radius 3 is 2.63 bits per heavy atom. The zero-order valence-corrected chi connectivity index (χ0v) is 28.9. The van der Waals surface area contributed by atoms with Gasteiger partial charge in [0.1, 0.15) is 5.69 Å². The average molecular weight is 704 g/mol. The standard InChI is InChI=1S/C37H37N9O6/c1-21-12-25-17-39-28-16-31(30(51-4)15-26(28)37(50)46(25)18-21)52-11-5-6-33(47)42-32-20-45(3)34(43-32)36(49)41-24-14-29(44(2)19-24)35(48)40-23-7-8-27-22(13-23)9-10-38-27/h7-10,13-17,19-20,25,38H,1,5-6,11-12,18H2,2-4H3,(H,40,48)(H,41,49)(H,42,47). The Labute approximate surface area is 298 Å². The van der Waals surface area contributed by atoms with Gasteiger partial charge in [-0.05, 0) is 49.2 Å². The first-order chi connectivity index (χ1) is 25.1. The number of ether oxygens (including phenoxy) is 2. The maximum Gasteiger partial charge on any atom is 0.291 e. The second-order valence-electron chi connectivity index (χ2n) is 12.7. The lowest BCUT2D eigenvalue weighted by atomic mass is 10.1. The number of hydrogen-bond donors (Lipinski definition) is 4. The van der Waals surface area contributed by atoms with Crippen LogP contribution >= 0.6 is 0 Å². The van der Waals surface area contributed by atoms with E-state index in [2.05, 4.69) is 37.5 Å². The van der Waals surface area contributed by atoms with Gasteiger partial charge in [0.15, 0.2) is 17.3 Å². The SMILES string of the molecule is C=C1CC2C=Nc3cc(OCCCC(=O)Nc4cn(C)c(C(=O)Nc5cc(C(=O)Nc6ccc7[nH]ccc7c6)n(C)c5)n4)c(OC)cc3C(=O)N2C1. The van der Waals surface area contributed by atoms with E-state index >= 15 is 0 Å². The highest BCUT2D eigenvalue weighted by Crippen LogP contribution is 2.38. The van der Waals surface area contributed by atoms with Crippen molar-refractivity contribution >= 4 is 63.6 Å². The Bertz CT molecular complexity index is 2280. The van der Waals surface area contributed by atoms with Gasteiger partial charge in [-0.25, -0.2) is 4.98 Å². The number of nitrogens with zero attached hydrogens (tertiary/aromatic N) is 5. The number of carbonyl (C=O) groups excluding carboxylic acids is 4. The predicted molar refractivity (Wildman–Crippen MR) is 196 cm³/mol. The maximum absolute atomic E-state index is 13.2. The van der Waals surface area contributed by atoms with Crippen molar-refractivity contribution in [2.45, 2.75) is 25.3 Å². The Kier molecular flexibility index (Phi) is 9.07. The number of H-pyrrole nitrogens is 1. The van der Waals surface area contributed by atoms with E-state index in [1.165, 1.54) is 17.9 Å². The lowest BCUT2D eigenvalue weighted by molar-refractivity contribution is -0.116. The topological polar surface area (TPSA) is 177 Å². The summed E-state index contributed by atoms with van der Waals surface area (Å²) in [7, 11) is 4.85. The summed E-state index contributed by atoms with van der Waals surface area (Å²) in [6.45, 7) is 4.70. The Morgan fingerprint density at radius 2 is 1.81 bits per heavy atom. The number of aromatic nitrogens is 4. The van der Waals surface area contributed by atoms with Gasteiger partial charge in [0.05, 0.1) is 36.7 Å². The van der Waals surface area contributed by atoms with E-state index in [9.17, 15) is 19.2 Å². The van der Waals surface area contributed by atoms with E-state index in [1.807, 2.05) is 30.5 Å². The summed E-state index contributed by atoms with van der Waals surface area (Å²) >= 11 is 0. The van der Waals surface area contributed by atoms with E-state index in [0.29, 0.717) is 59.2 Å². The molecule has 15 heteroatoms. The molecular weight excluding hydrogens is 666 g/mol. The molecule has 2 aliphatic heterocycles. The molecule has 0 aliphatic carbocycles. The second kappa shape index (κ2) is 13.9. The fourth-order valence-electron chi connectivity index (χ4n) is 6.33. The van der Waals surface area contributed by atoms with Crippen LogP contribution in [0.4, 0.5) is 22.9 Å². The normalized spacial score (nSPS) is 14.9. The van der Waals surface area contributed by atoms with Crippen LogP contribution in [-0.4, -0.2) is 80.1 Å². The van der Waals surface area contributed by atoms with Crippen molar-refractivity contribution in [2.24, 2.45) is 19.1 Å². The maximum atomic E-state index is 13.2. The first-order valence-corrected chi connectivity index (χ1v) is 16.6. The van der Waals surface area contributed by atoms with Crippen LogP contribution in [0.3, 0.4) is 0 Å². The minimum Gasteiger partial charge on any atom is -0.493 e. The highest BCUT2D eigenvalue weighted by Gasteiger charge is 2.34. The number of fused-ring (bicyclic) bond motifs is 3. The van der Waals surface area contributed by atoms with Gasteiger partial charge in [-0.15, -0.1) is 0 Å². The van der Waals surface area contributed by atoms with Crippen LogP contribution in [0.2, 0.25) is 0 Å². The van der Waals surface area contributed by atoms with E-state index in [4.69, 9.17) is 9.47 Å². The third-order valence-corrected chi connectivity index (χ3v) is 8.91. The van der Waals surface area contributed by atoms with Crippen molar-refractivity contribution in [3.05, 3.63) is 90.3 Å². The number of aryl methyl sites for hydroxylation is 2. The number of methoxy groups -OCH3 is 1. The molecule has 1 atom stereocenters. The van der Waals surface area contributed by atoms with E-state index in [1.54, 1.807) is 54.2 Å². The highest BCUT2D eigenvalue weighted by molar-refractivity contribution is 6.07. The van der Waals surface area contributed by atoms with Crippen molar-refractivity contribution in [1.29, 1.82) is 0 Å². The molecule has 5 aromatic rings. The molecule has 5 heterocycles. The van der Waals surface area contributed by atoms with Crippen LogP contribution in [-0.2, 0) is 18.9 Å². The summed E-state index contributed by atoms with van der Waals surface area (Å²) in [6, 6.07) is 12.2. The van der Waals surface area contributed by atoms with Crippen molar-refractivity contribution in [3.8, 4) is 11.5 Å². The molecule has 4 amide bonds. The number of rotatable bonds is 11. The number of imidazole rings is 1. The molecule has 2 aliphatic rings. The van der Waals surface area contributed by atoms with Crippen molar-refractivity contribution in [2.75, 3.05) is 36.2 Å². The summed E-state index contributed by atoms with van der Waals surface area (Å²) < 4.78 is 14.6. The van der Waals surface area contributed by atoms with E-state index in [0.717, 1.165) is 16.5 Å². The van der Waals surface area contributed by atoms with Gasteiger partial charge in [0, 0.05) is 74.5 Å². The summed E-state index contributed by atoms with van der Waals surface area (Å²) in [5.74, 6) is -0.208. The monoisotopic (exact) mass is 703 g/mol. The molecule has 3 aromatic heterocycles. The van der Waals surface area contributed by atoms with Crippen LogP contribution in [0.1, 0.15) is 50.7 Å². The Morgan fingerprint density at radius 1 is 0.981 bits per heavy atom. The molecule has 1 fully saturated rings. The van der Waals surface area contributed by atoms with Gasteiger partial charge < -0.3 is 44.4 Å². The molecule has 2 aromatic carbocycles. The van der Waals surface area contributed by atoms with Crippen molar-refractivity contribution in [1.82, 2.24) is 24.0 Å². The molecule has 52 heavy (non-hydrogen) atoms. The average Bonchev–Trinajstić information content (AvgIpc) is 3.90. The van der Waals surface area contributed by atoms with Gasteiger partial charge >= 0.3 is 0 Å². The molecule has 0 spiro atoms.